The van der Waals surface area contributed by atoms with E-state index in [1.807, 2.05) is 0 Å². The van der Waals surface area contributed by atoms with Crippen molar-refractivity contribution in [3.05, 3.63) is 0 Å². The van der Waals surface area contributed by atoms with Crippen molar-refractivity contribution in [3.63, 3.8) is 0 Å². The first-order valence-corrected chi connectivity index (χ1v) is 4.62. The maximum atomic E-state index is 3.47. The second-order valence-electron chi connectivity index (χ2n) is 3.81. The van der Waals surface area contributed by atoms with Gasteiger partial charge in [-0.1, -0.05) is 0 Å². The summed E-state index contributed by atoms with van der Waals surface area (Å²) in [5.74, 6) is 0. The van der Waals surface area contributed by atoms with Gasteiger partial charge in [0.05, 0.1) is 0 Å². The molecule has 0 spiro atoms. The van der Waals surface area contributed by atoms with Gasteiger partial charge in [-0.2, -0.15) is 0 Å². The van der Waals surface area contributed by atoms with Gasteiger partial charge < -0.3 is 5.32 Å². The normalized spacial score (nSPS) is 34.6. The van der Waals surface area contributed by atoms with Crippen molar-refractivity contribution in [2.75, 3.05) is 13.1 Å². The first-order chi connectivity index (χ1) is 5.13. The molecule has 0 aromatic carbocycles. The maximum Gasteiger partial charge on any atom is 0.0221 e. The topological polar surface area (TPSA) is 15.3 Å². The average Bonchev–Trinajstić information content (AvgIpc) is 1.94. The fraction of sp³-hybridized carbons (Fsp3) is 1.00. The molecule has 2 heteroatoms. The Labute approximate surface area is 70.0 Å². The molecule has 2 nitrogen and oxygen atoms in total. The molecular weight excluding hydrogens is 136 g/mol. The Hall–Kier alpha value is -0.0800. The Kier molecular flexibility index (Phi) is 2.90. The molecule has 0 saturated carbocycles. The summed E-state index contributed by atoms with van der Waals surface area (Å²) in [5, 5.41) is 3.47. The molecule has 0 aromatic heterocycles. The van der Waals surface area contributed by atoms with E-state index in [9.17, 15) is 0 Å². The van der Waals surface area contributed by atoms with Gasteiger partial charge in [-0.05, 0) is 27.7 Å². The highest BCUT2D eigenvalue weighted by Crippen LogP contribution is 2.11. The second kappa shape index (κ2) is 3.55. The number of nitrogens with one attached hydrogen (secondary N) is 1. The van der Waals surface area contributed by atoms with Gasteiger partial charge in [0.1, 0.15) is 0 Å². The molecular formula is C9H20N2. The molecule has 0 unspecified atom stereocenters. The summed E-state index contributed by atoms with van der Waals surface area (Å²) in [6, 6.07) is 2.02. The number of rotatable bonds is 1. The second-order valence-corrected chi connectivity index (χ2v) is 3.81. The lowest BCUT2D eigenvalue weighted by molar-refractivity contribution is 0.105. The van der Waals surface area contributed by atoms with Crippen LogP contribution in [0.25, 0.3) is 0 Å². The first-order valence-electron chi connectivity index (χ1n) is 4.62. The predicted molar refractivity (Wildman–Crippen MR) is 48.8 cm³/mol. The van der Waals surface area contributed by atoms with Crippen LogP contribution >= 0.6 is 0 Å². The Bertz CT molecular complexity index is 123. The summed E-state index contributed by atoms with van der Waals surface area (Å²) in [6.45, 7) is 11.5. The van der Waals surface area contributed by atoms with Crippen molar-refractivity contribution in [3.8, 4) is 0 Å². The van der Waals surface area contributed by atoms with Crippen molar-refractivity contribution < 1.29 is 0 Å². The Balaban J connectivity index is 2.51. The zero-order valence-electron chi connectivity index (χ0n) is 8.09. The Morgan fingerprint density at radius 1 is 1.36 bits per heavy atom. The van der Waals surface area contributed by atoms with Crippen molar-refractivity contribution in [2.45, 2.75) is 45.8 Å². The minimum atomic E-state index is 0.645. The van der Waals surface area contributed by atoms with Crippen LogP contribution in [-0.4, -0.2) is 36.1 Å². The summed E-state index contributed by atoms with van der Waals surface area (Å²) < 4.78 is 0. The minimum Gasteiger partial charge on any atom is -0.311 e. The molecule has 2 atom stereocenters. The monoisotopic (exact) mass is 156 g/mol. The van der Waals surface area contributed by atoms with Gasteiger partial charge in [0, 0.05) is 31.2 Å². The van der Waals surface area contributed by atoms with Crippen LogP contribution < -0.4 is 5.32 Å². The standard InChI is InChI=1S/C9H20N2/c1-7(2)11-6-5-10-8(3)9(11)4/h7-10H,5-6H2,1-4H3/t8-,9+/m1/s1. The van der Waals surface area contributed by atoms with Crippen LogP contribution in [0.2, 0.25) is 0 Å². The summed E-state index contributed by atoms with van der Waals surface area (Å²) >= 11 is 0. The third-order valence-corrected chi connectivity index (χ3v) is 2.75. The zero-order chi connectivity index (χ0) is 8.43. The average molecular weight is 156 g/mol. The lowest BCUT2D eigenvalue weighted by Crippen LogP contribution is -2.57. The van der Waals surface area contributed by atoms with Crippen LogP contribution in [0.3, 0.4) is 0 Å². The fourth-order valence-electron chi connectivity index (χ4n) is 1.81. The van der Waals surface area contributed by atoms with E-state index in [0.29, 0.717) is 18.1 Å². The summed E-state index contributed by atoms with van der Waals surface area (Å²) in [6.07, 6.45) is 0. The van der Waals surface area contributed by atoms with E-state index in [2.05, 4.69) is 37.9 Å². The molecule has 1 aliphatic rings. The molecule has 0 aliphatic carbocycles. The summed E-state index contributed by atoms with van der Waals surface area (Å²) in [7, 11) is 0. The Morgan fingerprint density at radius 2 is 2.00 bits per heavy atom. The van der Waals surface area contributed by atoms with Gasteiger partial charge in [0.15, 0.2) is 0 Å². The van der Waals surface area contributed by atoms with E-state index in [-0.39, 0.29) is 0 Å². The van der Waals surface area contributed by atoms with E-state index < -0.39 is 0 Å². The van der Waals surface area contributed by atoms with E-state index in [0.717, 1.165) is 6.54 Å². The summed E-state index contributed by atoms with van der Waals surface area (Å²) in [5.41, 5.74) is 0. The number of piperazine rings is 1. The van der Waals surface area contributed by atoms with E-state index in [1.165, 1.54) is 6.54 Å². The van der Waals surface area contributed by atoms with Gasteiger partial charge in [0.2, 0.25) is 0 Å². The molecule has 1 aliphatic heterocycles. The molecule has 0 amide bonds. The highest BCUT2D eigenvalue weighted by molar-refractivity contribution is 4.84. The highest BCUT2D eigenvalue weighted by Gasteiger charge is 2.25. The molecule has 11 heavy (non-hydrogen) atoms. The van der Waals surface area contributed by atoms with Crippen LogP contribution in [0, 0.1) is 0 Å². The van der Waals surface area contributed by atoms with E-state index in [1.54, 1.807) is 0 Å². The minimum absolute atomic E-state index is 0.645. The SMILES string of the molecule is CC(C)N1CCN[C@H](C)[C@@H]1C. The molecule has 1 rings (SSSR count). The van der Waals surface area contributed by atoms with Crippen molar-refractivity contribution in [1.29, 1.82) is 0 Å². The molecule has 1 N–H and O–H groups in total. The zero-order valence-corrected chi connectivity index (χ0v) is 8.09. The van der Waals surface area contributed by atoms with Crippen molar-refractivity contribution >= 4 is 0 Å². The smallest absolute Gasteiger partial charge is 0.0221 e. The Morgan fingerprint density at radius 3 is 2.45 bits per heavy atom. The lowest BCUT2D eigenvalue weighted by atomic mass is 10.1. The van der Waals surface area contributed by atoms with E-state index >= 15 is 0 Å². The lowest BCUT2D eigenvalue weighted by Gasteiger charge is -2.41. The molecule has 0 aromatic rings. The number of nitrogens with zero attached hydrogens (tertiary/aromatic N) is 1. The summed E-state index contributed by atoms with van der Waals surface area (Å²) in [4.78, 5) is 2.56. The predicted octanol–water partition coefficient (Wildman–Crippen LogP) is 1.08. The molecule has 0 radical (unpaired) electrons. The van der Waals surface area contributed by atoms with Gasteiger partial charge in [-0.25, -0.2) is 0 Å². The van der Waals surface area contributed by atoms with Crippen LogP contribution in [-0.2, 0) is 0 Å². The third kappa shape index (κ3) is 1.94. The van der Waals surface area contributed by atoms with Crippen LogP contribution in [0.4, 0.5) is 0 Å². The first kappa shape index (κ1) is 9.01. The van der Waals surface area contributed by atoms with Gasteiger partial charge in [0.25, 0.3) is 0 Å². The maximum absolute atomic E-state index is 3.47. The molecule has 1 heterocycles. The van der Waals surface area contributed by atoms with Crippen molar-refractivity contribution in [1.82, 2.24) is 10.2 Å². The van der Waals surface area contributed by atoms with Gasteiger partial charge in [-0.3, -0.25) is 4.90 Å². The van der Waals surface area contributed by atoms with Crippen LogP contribution in [0.1, 0.15) is 27.7 Å². The number of hydrogen-bond acceptors (Lipinski definition) is 2. The molecule has 0 bridgehead atoms. The highest BCUT2D eigenvalue weighted by atomic mass is 15.2. The van der Waals surface area contributed by atoms with Crippen molar-refractivity contribution in [2.24, 2.45) is 0 Å². The largest absolute Gasteiger partial charge is 0.311 e. The van der Waals surface area contributed by atoms with Crippen LogP contribution in [0.15, 0.2) is 0 Å². The molecule has 1 saturated heterocycles. The quantitative estimate of drug-likeness (QED) is 0.611. The van der Waals surface area contributed by atoms with Crippen LogP contribution in [0.5, 0.6) is 0 Å². The van der Waals surface area contributed by atoms with Gasteiger partial charge in [-0.15, -0.1) is 0 Å². The molecule has 66 valence electrons. The fourth-order valence-corrected chi connectivity index (χ4v) is 1.81. The van der Waals surface area contributed by atoms with E-state index in [4.69, 9.17) is 0 Å². The third-order valence-electron chi connectivity index (χ3n) is 2.75. The van der Waals surface area contributed by atoms with Gasteiger partial charge >= 0.3 is 0 Å². The molecule has 1 fully saturated rings. The number of hydrogen-bond donors (Lipinski definition) is 1.